The molecule has 1 aromatic rings. The zero-order chi connectivity index (χ0) is 12.6. The summed E-state index contributed by atoms with van der Waals surface area (Å²) in [7, 11) is 0. The van der Waals surface area contributed by atoms with Gasteiger partial charge in [-0.25, -0.2) is 0 Å². The van der Waals surface area contributed by atoms with Crippen molar-refractivity contribution < 1.29 is 4.79 Å². The molecule has 92 valence electrons. The molecule has 2 rings (SSSR count). The van der Waals surface area contributed by atoms with Crippen LogP contribution in [0.4, 0.5) is 5.69 Å². The van der Waals surface area contributed by atoms with Crippen molar-refractivity contribution in [3.8, 4) is 0 Å². The van der Waals surface area contributed by atoms with Crippen LogP contribution in [0.1, 0.15) is 25.8 Å². The molecule has 0 aliphatic carbocycles. The van der Waals surface area contributed by atoms with Crippen molar-refractivity contribution in [1.82, 2.24) is 0 Å². The average Bonchev–Trinajstić information content (AvgIpc) is 2.28. The maximum atomic E-state index is 11.7. The molecule has 1 aliphatic rings. The van der Waals surface area contributed by atoms with E-state index in [2.05, 4.69) is 52.9 Å². The van der Waals surface area contributed by atoms with E-state index in [0.29, 0.717) is 12.2 Å². The summed E-state index contributed by atoms with van der Waals surface area (Å²) in [6.45, 7) is 7.07. The van der Waals surface area contributed by atoms with Gasteiger partial charge in [0.15, 0.2) is 0 Å². The van der Waals surface area contributed by atoms with Gasteiger partial charge in [-0.3, -0.25) is 4.79 Å². The number of hydrogen-bond donors (Lipinski definition) is 0. The van der Waals surface area contributed by atoms with Gasteiger partial charge in [-0.05, 0) is 47.5 Å². The lowest BCUT2D eigenvalue weighted by Crippen LogP contribution is -2.47. The van der Waals surface area contributed by atoms with Crippen LogP contribution in [0.5, 0.6) is 0 Å². The fraction of sp³-hybridized carbons (Fsp3) is 0.500. The number of aryl methyl sites for hydroxylation is 1. The Bertz CT molecular complexity index is 444. The van der Waals surface area contributed by atoms with Crippen LogP contribution in [0.25, 0.3) is 0 Å². The van der Waals surface area contributed by atoms with E-state index in [0.717, 1.165) is 11.0 Å². The quantitative estimate of drug-likeness (QED) is 0.789. The van der Waals surface area contributed by atoms with Crippen LogP contribution in [0.2, 0.25) is 0 Å². The standard InChI is InChI=1S/C14H18BrNO/c1-9-4-5-13(12(15)8-9)16-7-6-14(17)10(2)11(16)3/h4-5,8,10-11H,6-7H2,1-3H3. The number of Topliss-reactive ketones (excluding diaryl/α,β-unsaturated/α-hetero) is 1. The van der Waals surface area contributed by atoms with E-state index in [4.69, 9.17) is 0 Å². The number of hydrogen-bond acceptors (Lipinski definition) is 2. The second-order valence-corrected chi connectivity index (χ2v) is 5.75. The highest BCUT2D eigenvalue weighted by Crippen LogP contribution is 2.32. The number of benzene rings is 1. The van der Waals surface area contributed by atoms with Crippen molar-refractivity contribution in [2.45, 2.75) is 33.2 Å². The first-order chi connectivity index (χ1) is 8.00. The summed E-state index contributed by atoms with van der Waals surface area (Å²) < 4.78 is 1.12. The maximum Gasteiger partial charge on any atom is 0.139 e. The molecule has 1 aromatic carbocycles. The number of carbonyl (C=O) groups excluding carboxylic acids is 1. The number of halogens is 1. The molecule has 2 unspecified atom stereocenters. The molecule has 0 radical (unpaired) electrons. The summed E-state index contributed by atoms with van der Waals surface area (Å²) in [5, 5.41) is 0. The molecule has 1 saturated heterocycles. The largest absolute Gasteiger partial charge is 0.367 e. The van der Waals surface area contributed by atoms with Crippen molar-refractivity contribution in [3.63, 3.8) is 0 Å². The van der Waals surface area contributed by atoms with Gasteiger partial charge in [0, 0.05) is 29.4 Å². The van der Waals surface area contributed by atoms with Gasteiger partial charge >= 0.3 is 0 Å². The Morgan fingerprint density at radius 1 is 1.35 bits per heavy atom. The smallest absolute Gasteiger partial charge is 0.139 e. The van der Waals surface area contributed by atoms with E-state index in [1.54, 1.807) is 0 Å². The van der Waals surface area contributed by atoms with Gasteiger partial charge in [0.2, 0.25) is 0 Å². The number of piperidine rings is 1. The molecule has 3 heteroatoms. The minimum absolute atomic E-state index is 0.122. The highest BCUT2D eigenvalue weighted by atomic mass is 79.9. The second kappa shape index (κ2) is 4.81. The second-order valence-electron chi connectivity index (χ2n) is 4.89. The van der Waals surface area contributed by atoms with Crippen LogP contribution in [0, 0.1) is 12.8 Å². The van der Waals surface area contributed by atoms with E-state index in [1.807, 2.05) is 6.92 Å². The van der Waals surface area contributed by atoms with Crippen molar-refractivity contribution in [2.24, 2.45) is 5.92 Å². The van der Waals surface area contributed by atoms with Crippen LogP contribution in [-0.2, 0) is 4.79 Å². The Labute approximate surface area is 111 Å². The van der Waals surface area contributed by atoms with Crippen LogP contribution in [0.3, 0.4) is 0 Å². The molecule has 1 heterocycles. The Kier molecular flexibility index (Phi) is 3.57. The van der Waals surface area contributed by atoms with E-state index >= 15 is 0 Å². The first-order valence-corrected chi connectivity index (χ1v) is 6.85. The molecule has 0 N–H and O–H groups in total. The molecule has 2 nitrogen and oxygen atoms in total. The molecule has 17 heavy (non-hydrogen) atoms. The van der Waals surface area contributed by atoms with E-state index in [1.165, 1.54) is 11.3 Å². The van der Waals surface area contributed by atoms with Gasteiger partial charge in [0.05, 0.1) is 5.69 Å². The molecule has 2 atom stereocenters. The molecule has 0 amide bonds. The molecular formula is C14H18BrNO. The Hall–Kier alpha value is -0.830. The number of nitrogens with zero attached hydrogens (tertiary/aromatic N) is 1. The van der Waals surface area contributed by atoms with Crippen molar-refractivity contribution in [2.75, 3.05) is 11.4 Å². The maximum absolute atomic E-state index is 11.7. The third kappa shape index (κ3) is 2.39. The first-order valence-electron chi connectivity index (χ1n) is 6.06. The minimum Gasteiger partial charge on any atom is -0.367 e. The first kappa shape index (κ1) is 12.6. The van der Waals surface area contributed by atoms with Crippen molar-refractivity contribution >= 4 is 27.4 Å². The summed E-state index contributed by atoms with van der Waals surface area (Å²) in [4.78, 5) is 14.0. The lowest BCUT2D eigenvalue weighted by molar-refractivity contribution is -0.123. The normalized spacial score (nSPS) is 25.2. The van der Waals surface area contributed by atoms with E-state index in [-0.39, 0.29) is 12.0 Å². The molecular weight excluding hydrogens is 278 g/mol. The number of carbonyl (C=O) groups is 1. The van der Waals surface area contributed by atoms with Gasteiger partial charge in [-0.1, -0.05) is 13.0 Å². The summed E-state index contributed by atoms with van der Waals surface area (Å²) in [6.07, 6.45) is 0.659. The fourth-order valence-electron chi connectivity index (χ4n) is 2.39. The van der Waals surface area contributed by atoms with Gasteiger partial charge < -0.3 is 4.90 Å². The average molecular weight is 296 g/mol. The van der Waals surface area contributed by atoms with Gasteiger partial charge in [-0.2, -0.15) is 0 Å². The summed E-state index contributed by atoms with van der Waals surface area (Å²) in [6, 6.07) is 6.66. The fourth-order valence-corrected chi connectivity index (χ4v) is 3.11. The third-order valence-electron chi connectivity index (χ3n) is 3.73. The van der Waals surface area contributed by atoms with Gasteiger partial charge in [0.1, 0.15) is 5.78 Å². The molecule has 0 aromatic heterocycles. The van der Waals surface area contributed by atoms with Gasteiger partial charge in [-0.15, -0.1) is 0 Å². The predicted octanol–water partition coefficient (Wildman–Crippen LogP) is 3.56. The predicted molar refractivity (Wildman–Crippen MR) is 74.5 cm³/mol. The third-order valence-corrected chi connectivity index (χ3v) is 4.37. The zero-order valence-corrected chi connectivity index (χ0v) is 12.1. The molecule has 1 fully saturated rings. The zero-order valence-electron chi connectivity index (χ0n) is 10.5. The van der Waals surface area contributed by atoms with Crippen LogP contribution < -0.4 is 4.90 Å². The number of ketones is 1. The van der Waals surface area contributed by atoms with Crippen molar-refractivity contribution in [3.05, 3.63) is 28.2 Å². The van der Waals surface area contributed by atoms with Crippen LogP contribution in [-0.4, -0.2) is 18.4 Å². The summed E-state index contributed by atoms with van der Waals surface area (Å²) in [5.74, 6) is 0.508. The topological polar surface area (TPSA) is 20.3 Å². The van der Waals surface area contributed by atoms with E-state index in [9.17, 15) is 4.79 Å². The molecule has 0 bridgehead atoms. The number of rotatable bonds is 1. The van der Waals surface area contributed by atoms with Crippen LogP contribution in [0.15, 0.2) is 22.7 Å². The van der Waals surface area contributed by atoms with Crippen LogP contribution >= 0.6 is 15.9 Å². The van der Waals surface area contributed by atoms with Gasteiger partial charge in [0.25, 0.3) is 0 Å². The molecule has 0 saturated carbocycles. The molecule has 1 aliphatic heterocycles. The Morgan fingerprint density at radius 3 is 2.71 bits per heavy atom. The highest BCUT2D eigenvalue weighted by Gasteiger charge is 2.31. The summed E-state index contributed by atoms with van der Waals surface area (Å²) >= 11 is 3.62. The summed E-state index contributed by atoms with van der Waals surface area (Å²) in [5.41, 5.74) is 2.44. The Balaban J connectivity index is 2.31. The monoisotopic (exact) mass is 295 g/mol. The number of anilines is 1. The minimum atomic E-state index is 0.122. The van der Waals surface area contributed by atoms with Crippen molar-refractivity contribution in [1.29, 1.82) is 0 Å². The van der Waals surface area contributed by atoms with E-state index < -0.39 is 0 Å². The lowest BCUT2D eigenvalue weighted by Gasteiger charge is -2.39. The SMILES string of the molecule is Cc1ccc(N2CCC(=O)C(C)C2C)c(Br)c1. The lowest BCUT2D eigenvalue weighted by atomic mass is 9.90. The molecule has 0 spiro atoms. The Morgan fingerprint density at radius 2 is 2.06 bits per heavy atom. The highest BCUT2D eigenvalue weighted by molar-refractivity contribution is 9.10.